The summed E-state index contributed by atoms with van der Waals surface area (Å²) in [5.74, 6) is 0.345. The summed E-state index contributed by atoms with van der Waals surface area (Å²) >= 11 is 0. The summed E-state index contributed by atoms with van der Waals surface area (Å²) in [6.45, 7) is 6.49. The molecular formula is C28H31N7O2. The highest BCUT2D eigenvalue weighted by molar-refractivity contribution is 5.75. The Kier molecular flexibility index (Phi) is 6.44. The van der Waals surface area contributed by atoms with E-state index in [1.807, 2.05) is 17.1 Å². The van der Waals surface area contributed by atoms with Gasteiger partial charge >= 0.3 is 5.97 Å². The number of anilines is 3. The molecule has 1 atom stereocenters. The zero-order valence-electron chi connectivity index (χ0n) is 21.0. The maximum atomic E-state index is 11.0. The van der Waals surface area contributed by atoms with E-state index in [1.165, 1.54) is 23.7 Å². The molecule has 2 aliphatic rings. The zero-order valence-corrected chi connectivity index (χ0v) is 21.0. The van der Waals surface area contributed by atoms with Crippen LogP contribution in [-0.4, -0.2) is 69.9 Å². The Hall–Kier alpha value is -3.98. The molecule has 1 fully saturated rings. The van der Waals surface area contributed by atoms with E-state index in [0.29, 0.717) is 12.6 Å². The van der Waals surface area contributed by atoms with E-state index in [9.17, 15) is 4.79 Å². The van der Waals surface area contributed by atoms with Crippen molar-refractivity contribution in [3.05, 3.63) is 72.1 Å². The zero-order chi connectivity index (χ0) is 25.2. The van der Waals surface area contributed by atoms with Gasteiger partial charge in [0, 0.05) is 57.2 Å². The molecule has 0 saturated carbocycles. The Morgan fingerprint density at radius 1 is 1.05 bits per heavy atom. The van der Waals surface area contributed by atoms with Gasteiger partial charge in [0.1, 0.15) is 6.61 Å². The fraction of sp³-hybridized carbons (Fsp3) is 0.357. The highest BCUT2D eigenvalue weighted by Crippen LogP contribution is 2.35. The second kappa shape index (κ2) is 10.2. The second-order valence-corrected chi connectivity index (χ2v) is 9.66. The molecule has 37 heavy (non-hydrogen) atoms. The average molecular weight is 498 g/mol. The molecular weight excluding hydrogens is 466 g/mol. The molecule has 6 rings (SSSR count). The van der Waals surface area contributed by atoms with Gasteiger partial charge in [-0.1, -0.05) is 24.3 Å². The maximum absolute atomic E-state index is 11.0. The van der Waals surface area contributed by atoms with E-state index >= 15 is 0 Å². The van der Waals surface area contributed by atoms with Gasteiger partial charge in [0.2, 0.25) is 5.95 Å². The number of hydrogen-bond acceptors (Lipinski definition) is 8. The molecule has 3 heterocycles. The van der Waals surface area contributed by atoms with Gasteiger partial charge in [-0.25, -0.2) is 9.67 Å². The second-order valence-electron chi connectivity index (χ2n) is 9.66. The van der Waals surface area contributed by atoms with Crippen molar-refractivity contribution in [2.75, 3.05) is 49.5 Å². The van der Waals surface area contributed by atoms with E-state index in [-0.39, 0.29) is 12.0 Å². The molecule has 1 aliphatic heterocycles. The molecule has 0 bridgehead atoms. The lowest BCUT2D eigenvalue weighted by atomic mass is 10.1. The van der Waals surface area contributed by atoms with Crippen LogP contribution in [-0.2, 0) is 16.0 Å². The molecule has 0 radical (unpaired) electrons. The Morgan fingerprint density at radius 2 is 1.86 bits per heavy atom. The molecule has 2 aromatic heterocycles. The van der Waals surface area contributed by atoms with Crippen LogP contribution in [0.1, 0.15) is 30.5 Å². The van der Waals surface area contributed by atoms with E-state index in [4.69, 9.17) is 9.72 Å². The van der Waals surface area contributed by atoms with Gasteiger partial charge in [0.25, 0.3) is 0 Å². The summed E-state index contributed by atoms with van der Waals surface area (Å²) in [4.78, 5) is 25.0. The maximum Gasteiger partial charge on any atom is 0.302 e. The quantitative estimate of drug-likeness (QED) is 0.386. The molecule has 1 saturated heterocycles. The molecule has 1 aliphatic carbocycles. The summed E-state index contributed by atoms with van der Waals surface area (Å²) in [7, 11) is 0. The number of nitrogens with one attached hydrogen (secondary N) is 1. The Bertz CT molecular complexity index is 1390. The number of ether oxygens (including phenoxy) is 1. The number of carbonyl (C=O) groups excluding carboxylic acids is 1. The Labute approximate surface area is 216 Å². The minimum absolute atomic E-state index is 0.206. The van der Waals surface area contributed by atoms with Crippen LogP contribution in [0, 0.1) is 0 Å². The minimum atomic E-state index is -0.220. The fourth-order valence-electron chi connectivity index (χ4n) is 5.35. The lowest BCUT2D eigenvalue weighted by molar-refractivity contribution is -0.141. The summed E-state index contributed by atoms with van der Waals surface area (Å²) in [5, 5.41) is 8.98. The molecule has 0 spiro atoms. The predicted octanol–water partition coefficient (Wildman–Crippen LogP) is 3.79. The molecule has 4 aromatic rings. The first kappa shape index (κ1) is 23.4. The van der Waals surface area contributed by atoms with Gasteiger partial charge in [-0.3, -0.25) is 9.69 Å². The number of fused-ring (bicyclic) bond motifs is 2. The van der Waals surface area contributed by atoms with Crippen molar-refractivity contribution in [1.82, 2.24) is 24.6 Å². The van der Waals surface area contributed by atoms with Crippen molar-refractivity contribution >= 4 is 34.3 Å². The van der Waals surface area contributed by atoms with Gasteiger partial charge in [0.05, 0.1) is 17.6 Å². The average Bonchev–Trinajstić information content (AvgIpc) is 3.53. The third-order valence-corrected chi connectivity index (χ3v) is 7.30. The standard InChI is InChI=1S/C28H31N7O2/c1-20(36)37-17-16-33-12-14-34(15-13-33)24-9-7-23(8-10-24)31-28-29-18-22-19-30-35(27(22)32-28)26-11-6-21-4-2-3-5-25(21)26/h2-5,7-10,18-19,26H,6,11-17H2,1H3,(H,29,31,32). The first-order chi connectivity index (χ1) is 18.1. The first-order valence-corrected chi connectivity index (χ1v) is 12.9. The molecule has 0 amide bonds. The molecule has 1 unspecified atom stereocenters. The van der Waals surface area contributed by atoms with Crippen LogP contribution < -0.4 is 10.2 Å². The topological polar surface area (TPSA) is 88.4 Å². The van der Waals surface area contributed by atoms with Crippen molar-refractivity contribution in [2.45, 2.75) is 25.8 Å². The van der Waals surface area contributed by atoms with Gasteiger partial charge < -0.3 is 15.0 Å². The van der Waals surface area contributed by atoms with Crippen LogP contribution >= 0.6 is 0 Å². The number of carbonyl (C=O) groups is 1. The van der Waals surface area contributed by atoms with E-state index < -0.39 is 0 Å². The van der Waals surface area contributed by atoms with Crippen molar-refractivity contribution in [1.29, 1.82) is 0 Å². The highest BCUT2D eigenvalue weighted by Gasteiger charge is 2.26. The summed E-state index contributed by atoms with van der Waals surface area (Å²) in [6.07, 6.45) is 5.79. The van der Waals surface area contributed by atoms with Gasteiger partial charge in [-0.15, -0.1) is 0 Å². The van der Waals surface area contributed by atoms with Crippen LogP contribution in [0.3, 0.4) is 0 Å². The number of rotatable bonds is 7. The van der Waals surface area contributed by atoms with E-state index in [2.05, 4.69) is 73.7 Å². The minimum Gasteiger partial charge on any atom is -0.465 e. The smallest absolute Gasteiger partial charge is 0.302 e. The predicted molar refractivity (Wildman–Crippen MR) is 143 cm³/mol. The van der Waals surface area contributed by atoms with Crippen LogP contribution in [0.2, 0.25) is 0 Å². The summed E-state index contributed by atoms with van der Waals surface area (Å²) in [5.41, 5.74) is 5.72. The lowest BCUT2D eigenvalue weighted by Crippen LogP contribution is -2.47. The van der Waals surface area contributed by atoms with Gasteiger partial charge in [-0.2, -0.15) is 10.1 Å². The molecule has 190 valence electrons. The van der Waals surface area contributed by atoms with Crippen molar-refractivity contribution in [3.63, 3.8) is 0 Å². The number of aryl methyl sites for hydroxylation is 1. The largest absolute Gasteiger partial charge is 0.465 e. The SMILES string of the molecule is CC(=O)OCCN1CCN(c2ccc(Nc3ncc4cnn(C5CCc6ccccc65)c4n3)cc2)CC1. The number of aromatic nitrogens is 4. The number of piperazine rings is 1. The Balaban J connectivity index is 1.11. The summed E-state index contributed by atoms with van der Waals surface area (Å²) in [6, 6.07) is 17.2. The fourth-order valence-corrected chi connectivity index (χ4v) is 5.35. The molecule has 1 N–H and O–H groups in total. The van der Waals surface area contributed by atoms with Crippen molar-refractivity contribution in [3.8, 4) is 0 Å². The first-order valence-electron chi connectivity index (χ1n) is 12.9. The molecule has 9 nitrogen and oxygen atoms in total. The molecule has 2 aromatic carbocycles. The van der Waals surface area contributed by atoms with Crippen molar-refractivity contribution in [2.24, 2.45) is 0 Å². The number of benzene rings is 2. The van der Waals surface area contributed by atoms with Crippen LogP contribution in [0.5, 0.6) is 0 Å². The molecule has 9 heteroatoms. The van der Waals surface area contributed by atoms with E-state index in [0.717, 1.165) is 62.3 Å². The third kappa shape index (κ3) is 4.99. The van der Waals surface area contributed by atoms with Gasteiger partial charge in [-0.05, 0) is 48.2 Å². The van der Waals surface area contributed by atoms with Crippen LogP contribution in [0.15, 0.2) is 60.9 Å². The lowest BCUT2D eigenvalue weighted by Gasteiger charge is -2.36. The number of nitrogens with zero attached hydrogens (tertiary/aromatic N) is 6. The van der Waals surface area contributed by atoms with Crippen molar-refractivity contribution < 1.29 is 9.53 Å². The third-order valence-electron chi connectivity index (χ3n) is 7.30. The summed E-state index contributed by atoms with van der Waals surface area (Å²) < 4.78 is 7.11. The number of esters is 1. The van der Waals surface area contributed by atoms with E-state index in [1.54, 1.807) is 0 Å². The monoisotopic (exact) mass is 497 g/mol. The highest BCUT2D eigenvalue weighted by atomic mass is 16.5. The van der Waals surface area contributed by atoms with Crippen LogP contribution in [0.25, 0.3) is 11.0 Å². The normalized spacial score (nSPS) is 17.6. The van der Waals surface area contributed by atoms with Crippen LogP contribution in [0.4, 0.5) is 17.3 Å². The number of hydrogen-bond donors (Lipinski definition) is 1. The Morgan fingerprint density at radius 3 is 2.68 bits per heavy atom. The van der Waals surface area contributed by atoms with Gasteiger partial charge in [0.15, 0.2) is 5.65 Å².